The van der Waals surface area contributed by atoms with Gasteiger partial charge < -0.3 is 10.2 Å². The Morgan fingerprint density at radius 3 is 2.96 bits per heavy atom. The molecule has 2 aromatic heterocycles. The lowest BCUT2D eigenvalue weighted by Crippen LogP contribution is -2.35. The van der Waals surface area contributed by atoms with Crippen LogP contribution in [0.5, 0.6) is 0 Å². The molecule has 0 amide bonds. The molecule has 4 heterocycles. The summed E-state index contributed by atoms with van der Waals surface area (Å²) in [4.78, 5) is 16.8. The first kappa shape index (κ1) is 16.5. The summed E-state index contributed by atoms with van der Waals surface area (Å²) < 4.78 is 0. The Labute approximate surface area is 149 Å². The van der Waals surface area contributed by atoms with E-state index in [-0.39, 0.29) is 0 Å². The number of aryl methyl sites for hydroxylation is 1. The van der Waals surface area contributed by atoms with Crippen molar-refractivity contribution in [3.63, 3.8) is 0 Å². The van der Waals surface area contributed by atoms with E-state index in [1.165, 1.54) is 24.8 Å². The molecule has 0 bridgehead atoms. The smallest absolute Gasteiger partial charge is 0.147 e. The Kier molecular flexibility index (Phi) is 4.92. The van der Waals surface area contributed by atoms with Crippen LogP contribution in [-0.4, -0.2) is 34.6 Å². The van der Waals surface area contributed by atoms with Crippen LogP contribution < -0.4 is 10.2 Å². The standard InChI is InChI=1S/C20H27N5/c1-15-17-8-6-13-25(14-10-16-7-2-4-11-21-16)20(17)24-19(23-15)18-9-3-5-12-22-18/h2,4,7,11,18,22H,3,5-6,8-10,12-14H2,1H3. The SMILES string of the molecule is Cc1nc(C2CCCCN2)nc2c1CCCN2CCc1ccccn1. The Morgan fingerprint density at radius 1 is 1.20 bits per heavy atom. The molecule has 5 nitrogen and oxygen atoms in total. The van der Waals surface area contributed by atoms with Crippen LogP contribution in [0.3, 0.4) is 0 Å². The van der Waals surface area contributed by atoms with Gasteiger partial charge in [-0.15, -0.1) is 0 Å². The molecule has 1 N–H and O–H groups in total. The zero-order valence-electron chi connectivity index (χ0n) is 15.0. The van der Waals surface area contributed by atoms with Crippen molar-refractivity contribution in [3.05, 3.63) is 47.2 Å². The highest BCUT2D eigenvalue weighted by atomic mass is 15.2. The number of piperidine rings is 1. The van der Waals surface area contributed by atoms with Gasteiger partial charge in [0.2, 0.25) is 0 Å². The lowest BCUT2D eigenvalue weighted by atomic mass is 10.0. The van der Waals surface area contributed by atoms with Crippen LogP contribution in [0.4, 0.5) is 5.82 Å². The van der Waals surface area contributed by atoms with Crippen molar-refractivity contribution in [3.8, 4) is 0 Å². The number of hydrogen-bond acceptors (Lipinski definition) is 5. The predicted octanol–water partition coefficient (Wildman–Crippen LogP) is 2.99. The van der Waals surface area contributed by atoms with Crippen molar-refractivity contribution >= 4 is 5.82 Å². The van der Waals surface area contributed by atoms with Gasteiger partial charge in [-0.1, -0.05) is 12.5 Å². The van der Waals surface area contributed by atoms with E-state index >= 15 is 0 Å². The molecule has 0 saturated carbocycles. The Bertz CT molecular complexity index is 710. The molecule has 0 aromatic carbocycles. The molecule has 0 radical (unpaired) electrons. The van der Waals surface area contributed by atoms with E-state index < -0.39 is 0 Å². The number of nitrogens with one attached hydrogen (secondary N) is 1. The average Bonchev–Trinajstić information content (AvgIpc) is 2.68. The second-order valence-corrected chi connectivity index (χ2v) is 7.13. The van der Waals surface area contributed by atoms with E-state index in [1.807, 2.05) is 12.3 Å². The maximum atomic E-state index is 5.02. The van der Waals surface area contributed by atoms with Crippen molar-refractivity contribution in [2.75, 3.05) is 24.5 Å². The van der Waals surface area contributed by atoms with Gasteiger partial charge in [-0.05, 0) is 51.3 Å². The summed E-state index contributed by atoms with van der Waals surface area (Å²) >= 11 is 0. The first-order valence-corrected chi connectivity index (χ1v) is 9.57. The van der Waals surface area contributed by atoms with E-state index in [4.69, 9.17) is 9.97 Å². The van der Waals surface area contributed by atoms with E-state index in [1.54, 1.807) is 0 Å². The van der Waals surface area contributed by atoms with Crippen LogP contribution in [0.1, 0.15) is 54.5 Å². The number of nitrogens with zero attached hydrogens (tertiary/aromatic N) is 4. The van der Waals surface area contributed by atoms with Crippen molar-refractivity contribution < 1.29 is 0 Å². The summed E-state index contributed by atoms with van der Waals surface area (Å²) in [6, 6.07) is 6.45. The van der Waals surface area contributed by atoms with Gasteiger partial charge in [-0.3, -0.25) is 4.98 Å². The number of anilines is 1. The number of fused-ring (bicyclic) bond motifs is 1. The topological polar surface area (TPSA) is 53.9 Å². The summed E-state index contributed by atoms with van der Waals surface area (Å²) in [6.07, 6.45) is 8.78. The lowest BCUT2D eigenvalue weighted by molar-refractivity contribution is 0.396. The third kappa shape index (κ3) is 3.66. The summed E-state index contributed by atoms with van der Waals surface area (Å²) in [5.74, 6) is 2.15. The molecular formula is C20H27N5. The fourth-order valence-corrected chi connectivity index (χ4v) is 3.95. The Balaban J connectivity index is 1.57. The molecule has 1 unspecified atom stereocenters. The maximum absolute atomic E-state index is 5.02. The van der Waals surface area contributed by atoms with E-state index in [2.05, 4.69) is 34.3 Å². The summed E-state index contributed by atoms with van der Waals surface area (Å²) in [6.45, 7) is 5.27. The molecule has 1 saturated heterocycles. The third-order valence-corrected chi connectivity index (χ3v) is 5.35. The Hall–Kier alpha value is -2.01. The number of rotatable bonds is 4. The lowest BCUT2D eigenvalue weighted by Gasteiger charge is -2.32. The van der Waals surface area contributed by atoms with E-state index in [0.717, 1.165) is 61.9 Å². The molecule has 0 spiro atoms. The minimum absolute atomic E-state index is 0.317. The summed E-state index contributed by atoms with van der Waals surface area (Å²) in [5, 5.41) is 3.59. The molecular weight excluding hydrogens is 310 g/mol. The van der Waals surface area contributed by atoms with Crippen LogP contribution in [0.2, 0.25) is 0 Å². The van der Waals surface area contributed by atoms with Crippen LogP contribution in [-0.2, 0) is 12.8 Å². The molecule has 1 fully saturated rings. The van der Waals surface area contributed by atoms with Gasteiger partial charge in [0.15, 0.2) is 0 Å². The zero-order valence-corrected chi connectivity index (χ0v) is 15.0. The quantitative estimate of drug-likeness (QED) is 0.929. The maximum Gasteiger partial charge on any atom is 0.147 e. The largest absolute Gasteiger partial charge is 0.356 e. The molecule has 1 atom stereocenters. The zero-order chi connectivity index (χ0) is 17.1. The highest BCUT2D eigenvalue weighted by Crippen LogP contribution is 2.30. The van der Waals surface area contributed by atoms with Gasteiger partial charge in [-0.2, -0.15) is 0 Å². The average molecular weight is 337 g/mol. The van der Waals surface area contributed by atoms with Crippen molar-refractivity contribution in [2.24, 2.45) is 0 Å². The highest BCUT2D eigenvalue weighted by Gasteiger charge is 2.25. The van der Waals surface area contributed by atoms with Gasteiger partial charge in [0.25, 0.3) is 0 Å². The van der Waals surface area contributed by atoms with Gasteiger partial charge in [0.1, 0.15) is 11.6 Å². The molecule has 2 aliphatic heterocycles. The van der Waals surface area contributed by atoms with Crippen LogP contribution in [0, 0.1) is 6.92 Å². The first-order valence-electron chi connectivity index (χ1n) is 9.57. The molecule has 4 rings (SSSR count). The second kappa shape index (κ2) is 7.48. The predicted molar refractivity (Wildman–Crippen MR) is 99.8 cm³/mol. The summed E-state index contributed by atoms with van der Waals surface area (Å²) in [7, 11) is 0. The van der Waals surface area contributed by atoms with Gasteiger partial charge >= 0.3 is 0 Å². The molecule has 132 valence electrons. The van der Waals surface area contributed by atoms with Crippen molar-refractivity contribution in [1.82, 2.24) is 20.3 Å². The molecule has 2 aliphatic rings. The molecule has 5 heteroatoms. The minimum Gasteiger partial charge on any atom is -0.356 e. The normalized spacial score (nSPS) is 20.4. The summed E-state index contributed by atoms with van der Waals surface area (Å²) in [5.41, 5.74) is 3.65. The van der Waals surface area contributed by atoms with Gasteiger partial charge in [0.05, 0.1) is 6.04 Å². The molecule has 25 heavy (non-hydrogen) atoms. The minimum atomic E-state index is 0.317. The molecule has 2 aromatic rings. The first-order chi connectivity index (χ1) is 12.3. The number of hydrogen-bond donors (Lipinski definition) is 1. The van der Waals surface area contributed by atoms with Gasteiger partial charge in [-0.25, -0.2) is 9.97 Å². The van der Waals surface area contributed by atoms with Crippen LogP contribution in [0.15, 0.2) is 24.4 Å². The van der Waals surface area contributed by atoms with Crippen molar-refractivity contribution in [1.29, 1.82) is 0 Å². The monoisotopic (exact) mass is 337 g/mol. The van der Waals surface area contributed by atoms with E-state index in [9.17, 15) is 0 Å². The van der Waals surface area contributed by atoms with E-state index in [0.29, 0.717) is 6.04 Å². The Morgan fingerprint density at radius 2 is 2.16 bits per heavy atom. The van der Waals surface area contributed by atoms with Gasteiger partial charge in [0, 0.05) is 42.7 Å². The number of aromatic nitrogens is 3. The second-order valence-electron chi connectivity index (χ2n) is 7.13. The van der Waals surface area contributed by atoms with Crippen LogP contribution in [0.25, 0.3) is 0 Å². The fourth-order valence-electron chi connectivity index (χ4n) is 3.95. The third-order valence-electron chi connectivity index (χ3n) is 5.35. The van der Waals surface area contributed by atoms with Crippen molar-refractivity contribution in [2.45, 2.75) is 51.5 Å². The fraction of sp³-hybridized carbons (Fsp3) is 0.550. The van der Waals surface area contributed by atoms with Crippen LogP contribution >= 0.6 is 0 Å². The highest BCUT2D eigenvalue weighted by molar-refractivity contribution is 5.51. The number of pyridine rings is 1. The molecule has 0 aliphatic carbocycles.